The third kappa shape index (κ3) is 5.01. The van der Waals surface area contributed by atoms with Crippen LogP contribution in [0.2, 0.25) is 0 Å². The normalized spacial score (nSPS) is 14.9. The number of benzene rings is 2. The molecule has 1 heterocycles. The molecular weight excluding hydrogens is 444 g/mol. The van der Waals surface area contributed by atoms with Gasteiger partial charge in [0, 0.05) is 24.2 Å². The predicted octanol–water partition coefficient (Wildman–Crippen LogP) is 4.48. The second-order valence-corrected chi connectivity index (χ2v) is 9.08. The Morgan fingerprint density at radius 3 is 2.29 bits per heavy atom. The first kappa shape index (κ1) is 24.3. The van der Waals surface area contributed by atoms with Crippen molar-refractivity contribution in [3.05, 3.63) is 64.4 Å². The zero-order chi connectivity index (χ0) is 25.1. The third-order valence-corrected chi connectivity index (χ3v) is 6.61. The number of rotatable bonds is 6. The number of ketones is 1. The van der Waals surface area contributed by atoms with Gasteiger partial charge in [0.1, 0.15) is 6.04 Å². The highest BCUT2D eigenvalue weighted by atomic mass is 16.2. The average Bonchev–Trinajstić information content (AvgIpc) is 2.85. The molecule has 1 aliphatic carbocycles. The first-order valence-corrected chi connectivity index (χ1v) is 12.0. The zero-order valence-corrected chi connectivity index (χ0v) is 20.3. The molecule has 0 radical (unpaired) electrons. The van der Waals surface area contributed by atoms with E-state index in [0.717, 1.165) is 32.1 Å². The quantitative estimate of drug-likeness (QED) is 0.531. The van der Waals surface area contributed by atoms with Crippen molar-refractivity contribution >= 4 is 40.1 Å². The summed E-state index contributed by atoms with van der Waals surface area (Å²) >= 11 is 0. The monoisotopic (exact) mass is 474 g/mol. The number of Topliss-reactive ketones (excluding diaryl/α,β-unsaturated/α-hetero) is 1. The number of carbonyl (C=O) groups excluding carboxylic acids is 3. The maximum atomic E-state index is 13.8. The van der Waals surface area contributed by atoms with Crippen LogP contribution >= 0.6 is 0 Å². The van der Waals surface area contributed by atoms with E-state index in [4.69, 9.17) is 0 Å². The standard InChI is InChI=1S/C27H30N4O4/c1-17(26(34)28-21-15-13-20(14-16-21)18(2)32)30-24-12-8-7-11-23(24)29-25(27(30)35)31(19(3)33)22-9-5-4-6-10-22/h7-8,11-17,22H,4-6,9-10H2,1-3H3,(H,28,34)/t17-/m0/s1. The maximum absolute atomic E-state index is 13.8. The molecule has 8 heteroatoms. The second kappa shape index (κ2) is 10.2. The summed E-state index contributed by atoms with van der Waals surface area (Å²) in [5, 5.41) is 2.82. The Kier molecular flexibility index (Phi) is 7.10. The fourth-order valence-electron chi connectivity index (χ4n) is 4.75. The smallest absolute Gasteiger partial charge is 0.295 e. The molecule has 3 aromatic rings. The molecule has 8 nitrogen and oxygen atoms in total. The second-order valence-electron chi connectivity index (χ2n) is 9.08. The topological polar surface area (TPSA) is 101 Å². The van der Waals surface area contributed by atoms with Gasteiger partial charge in [0.25, 0.3) is 5.56 Å². The average molecular weight is 475 g/mol. The lowest BCUT2D eigenvalue weighted by molar-refractivity contribution is -0.119. The summed E-state index contributed by atoms with van der Waals surface area (Å²) in [5.74, 6) is -0.622. The number of hydrogen-bond donors (Lipinski definition) is 1. The molecule has 0 spiro atoms. The van der Waals surface area contributed by atoms with Crippen LogP contribution in [0.5, 0.6) is 0 Å². The van der Waals surface area contributed by atoms with E-state index >= 15 is 0 Å². The van der Waals surface area contributed by atoms with Crippen molar-refractivity contribution in [3.63, 3.8) is 0 Å². The molecule has 1 atom stereocenters. The number of nitrogens with zero attached hydrogens (tertiary/aromatic N) is 3. The summed E-state index contributed by atoms with van der Waals surface area (Å²) in [4.78, 5) is 57.3. The fraction of sp³-hybridized carbons (Fsp3) is 0.370. The van der Waals surface area contributed by atoms with E-state index in [1.165, 1.54) is 23.3 Å². The van der Waals surface area contributed by atoms with Crippen LogP contribution in [0, 0.1) is 0 Å². The number of anilines is 2. The van der Waals surface area contributed by atoms with Gasteiger partial charge in [-0.05, 0) is 63.1 Å². The van der Waals surface area contributed by atoms with Crippen LogP contribution in [-0.4, -0.2) is 33.2 Å². The van der Waals surface area contributed by atoms with E-state index in [1.807, 2.05) is 6.07 Å². The molecular formula is C27H30N4O4. The number of para-hydroxylation sites is 2. The molecule has 1 aromatic heterocycles. The van der Waals surface area contributed by atoms with Gasteiger partial charge in [0.2, 0.25) is 17.6 Å². The Hall–Kier alpha value is -3.81. The van der Waals surface area contributed by atoms with Crippen molar-refractivity contribution in [2.24, 2.45) is 0 Å². The van der Waals surface area contributed by atoms with Gasteiger partial charge in [0.05, 0.1) is 11.0 Å². The van der Waals surface area contributed by atoms with Crippen LogP contribution in [-0.2, 0) is 9.59 Å². The molecule has 1 aliphatic rings. The van der Waals surface area contributed by atoms with Gasteiger partial charge in [-0.1, -0.05) is 31.4 Å². The van der Waals surface area contributed by atoms with Crippen LogP contribution in [0.4, 0.5) is 11.5 Å². The zero-order valence-electron chi connectivity index (χ0n) is 20.3. The molecule has 0 unspecified atom stereocenters. The number of nitrogens with one attached hydrogen (secondary N) is 1. The molecule has 1 N–H and O–H groups in total. The first-order chi connectivity index (χ1) is 16.8. The number of hydrogen-bond acceptors (Lipinski definition) is 5. The molecule has 4 rings (SSSR count). The third-order valence-electron chi connectivity index (χ3n) is 6.61. The van der Waals surface area contributed by atoms with Crippen LogP contribution in [0.25, 0.3) is 11.0 Å². The van der Waals surface area contributed by atoms with Gasteiger partial charge in [-0.2, -0.15) is 0 Å². The molecule has 2 amide bonds. The Bertz CT molecular complexity index is 1320. The summed E-state index contributed by atoms with van der Waals surface area (Å²) < 4.78 is 1.41. The summed E-state index contributed by atoms with van der Waals surface area (Å²) in [6.07, 6.45) is 4.75. The van der Waals surface area contributed by atoms with Crippen molar-refractivity contribution in [3.8, 4) is 0 Å². The lowest BCUT2D eigenvalue weighted by Crippen LogP contribution is -2.45. The lowest BCUT2D eigenvalue weighted by atomic mass is 9.94. The van der Waals surface area contributed by atoms with Gasteiger partial charge >= 0.3 is 0 Å². The molecule has 1 saturated carbocycles. The van der Waals surface area contributed by atoms with E-state index in [1.54, 1.807) is 49.4 Å². The molecule has 35 heavy (non-hydrogen) atoms. The molecule has 182 valence electrons. The SMILES string of the molecule is CC(=O)c1ccc(NC(=O)[C@H](C)n2c(=O)c(N(C(C)=O)C3CCCCC3)nc3ccccc32)cc1. The fourth-order valence-corrected chi connectivity index (χ4v) is 4.75. The Morgan fingerprint density at radius 2 is 1.66 bits per heavy atom. The van der Waals surface area contributed by atoms with Gasteiger partial charge < -0.3 is 5.32 Å². The molecule has 0 aliphatic heterocycles. The van der Waals surface area contributed by atoms with Crippen molar-refractivity contribution in [2.75, 3.05) is 10.2 Å². The summed E-state index contributed by atoms with van der Waals surface area (Å²) in [6, 6.07) is 12.8. The number of amides is 2. The van der Waals surface area contributed by atoms with Crippen molar-refractivity contribution in [1.29, 1.82) is 0 Å². The van der Waals surface area contributed by atoms with Gasteiger partial charge in [0.15, 0.2) is 5.78 Å². The lowest BCUT2D eigenvalue weighted by Gasteiger charge is -2.33. The maximum Gasteiger partial charge on any atom is 0.295 e. The van der Waals surface area contributed by atoms with Crippen molar-refractivity contribution in [1.82, 2.24) is 9.55 Å². The summed E-state index contributed by atoms with van der Waals surface area (Å²) in [7, 11) is 0. The molecule has 2 aromatic carbocycles. The highest BCUT2D eigenvalue weighted by Gasteiger charge is 2.30. The van der Waals surface area contributed by atoms with Gasteiger partial charge in [-0.15, -0.1) is 0 Å². The Morgan fingerprint density at radius 1 is 1.00 bits per heavy atom. The molecule has 1 fully saturated rings. The summed E-state index contributed by atoms with van der Waals surface area (Å²) in [5.41, 5.74) is 1.65. The Labute approximate surface area is 204 Å². The van der Waals surface area contributed by atoms with Crippen molar-refractivity contribution in [2.45, 2.75) is 65.0 Å². The highest BCUT2D eigenvalue weighted by molar-refractivity contribution is 5.97. The summed E-state index contributed by atoms with van der Waals surface area (Å²) in [6.45, 7) is 4.58. The van der Waals surface area contributed by atoms with Gasteiger partial charge in [-0.25, -0.2) is 4.98 Å². The predicted molar refractivity (Wildman–Crippen MR) is 136 cm³/mol. The van der Waals surface area contributed by atoms with E-state index in [-0.39, 0.29) is 23.6 Å². The minimum Gasteiger partial charge on any atom is -0.324 e. The number of aromatic nitrogens is 2. The first-order valence-electron chi connectivity index (χ1n) is 12.0. The minimum atomic E-state index is -0.873. The van der Waals surface area contributed by atoms with Crippen LogP contribution in [0.1, 0.15) is 69.3 Å². The van der Waals surface area contributed by atoms with E-state index in [9.17, 15) is 19.2 Å². The number of carbonyl (C=O) groups is 3. The van der Waals surface area contributed by atoms with Gasteiger partial charge in [-0.3, -0.25) is 28.6 Å². The van der Waals surface area contributed by atoms with E-state index in [2.05, 4.69) is 10.3 Å². The molecule has 0 bridgehead atoms. The van der Waals surface area contributed by atoms with Crippen LogP contribution in [0.15, 0.2) is 53.3 Å². The van der Waals surface area contributed by atoms with Crippen molar-refractivity contribution < 1.29 is 14.4 Å². The van der Waals surface area contributed by atoms with Crippen LogP contribution in [0.3, 0.4) is 0 Å². The van der Waals surface area contributed by atoms with Crippen LogP contribution < -0.4 is 15.8 Å². The number of fused-ring (bicyclic) bond motifs is 1. The molecule has 0 saturated heterocycles. The Balaban J connectivity index is 1.75. The largest absolute Gasteiger partial charge is 0.324 e. The highest BCUT2D eigenvalue weighted by Crippen LogP contribution is 2.27. The van der Waals surface area contributed by atoms with E-state index in [0.29, 0.717) is 22.3 Å². The van der Waals surface area contributed by atoms with E-state index < -0.39 is 17.5 Å². The minimum absolute atomic E-state index is 0.0634.